The molecule has 0 aromatic heterocycles. The maximum absolute atomic E-state index is 5.20. The van der Waals surface area contributed by atoms with E-state index < -0.39 is 0 Å². The number of hydrogen-bond donors (Lipinski definition) is 0. The minimum absolute atomic E-state index is 0. The Morgan fingerprint density at radius 2 is 0.733 bits per heavy atom. The third-order valence-electron chi connectivity index (χ3n) is 4.98. The molecule has 0 saturated carbocycles. The molecule has 0 aromatic rings. The molecule has 0 unspecified atom stereocenters. The molecule has 0 N–H and O–H groups in total. The average Bonchev–Trinajstić information content (AvgIpc) is 2.69. The van der Waals surface area contributed by atoms with Gasteiger partial charge in [-0.05, 0) is 58.2 Å². The Bertz CT molecular complexity index is 483. The second-order valence-corrected chi connectivity index (χ2v) is 19.6. The predicted octanol–water partition coefficient (Wildman–Crippen LogP) is 15.1. The number of methoxy groups -OCH3 is 2. The van der Waals surface area contributed by atoms with Crippen molar-refractivity contribution in [1.29, 1.82) is 0 Å². The summed E-state index contributed by atoms with van der Waals surface area (Å²) in [7, 11) is 3.45. The monoisotopic (exact) mass is 653 g/mol. The van der Waals surface area contributed by atoms with Gasteiger partial charge in [0.1, 0.15) is 0 Å². The average molecular weight is 653 g/mol. The van der Waals surface area contributed by atoms with Crippen LogP contribution in [0.2, 0.25) is 0 Å². The van der Waals surface area contributed by atoms with E-state index in [1.54, 1.807) is 14.2 Å². The van der Waals surface area contributed by atoms with E-state index in [4.69, 9.17) is 14.2 Å². The zero-order valence-corrected chi connectivity index (χ0v) is 35.5. The van der Waals surface area contributed by atoms with Gasteiger partial charge >= 0.3 is 0 Å². The lowest BCUT2D eigenvalue weighted by Crippen LogP contribution is -2.14. The first-order valence-electron chi connectivity index (χ1n) is 17.3. The minimum Gasteiger partial charge on any atom is -0.384 e. The standard InChI is InChI=1S/C8H18.C7H16O.C7H16.2C6H14O.C6H14.2CH4/c1-7(2)6-8(3,4)5;1-5-8-6-7(2,3)4;1-5-6-7(2,3)4;2*1-6(2,3)5-7-4;1-5-6(2,3)4;;/h7H,6H2,1-5H3;5-6H2,1-4H3;5-6H2,1-4H3;2*5H2,1-4H3;5H2,1-4H3;2*1H4. The number of hydrogen-bond acceptors (Lipinski definition) is 3. The second kappa shape index (κ2) is 32.4. The van der Waals surface area contributed by atoms with E-state index in [0.29, 0.717) is 32.5 Å². The zero-order valence-electron chi connectivity index (χ0n) is 35.5. The number of ether oxygens (including phenoxy) is 3. The summed E-state index contributed by atoms with van der Waals surface area (Å²) in [5, 5.41) is 0. The van der Waals surface area contributed by atoms with Gasteiger partial charge in [0.05, 0.1) is 19.8 Å². The highest BCUT2D eigenvalue weighted by atomic mass is 16.5. The van der Waals surface area contributed by atoms with Crippen LogP contribution >= 0.6 is 0 Å². The van der Waals surface area contributed by atoms with E-state index in [1.807, 2.05) is 6.92 Å². The summed E-state index contributed by atoms with van der Waals surface area (Å²) in [4.78, 5) is 0. The molecular weight excluding hydrogens is 552 g/mol. The molecule has 0 rings (SSSR count). The predicted molar refractivity (Wildman–Crippen MR) is 215 cm³/mol. The fourth-order valence-corrected chi connectivity index (χ4v) is 3.25. The lowest BCUT2D eigenvalue weighted by Gasteiger charge is -2.19. The van der Waals surface area contributed by atoms with E-state index in [-0.39, 0.29) is 14.9 Å². The molecule has 0 spiro atoms. The Balaban J connectivity index is -0.0000000604. The molecule has 0 amide bonds. The highest BCUT2D eigenvalue weighted by molar-refractivity contribution is 4.63. The van der Waals surface area contributed by atoms with Crippen LogP contribution in [0.5, 0.6) is 0 Å². The Kier molecular flexibility index (Phi) is 45.8. The summed E-state index contributed by atoms with van der Waals surface area (Å²) in [6, 6.07) is 0. The fraction of sp³-hybridized carbons (Fsp3) is 1.00. The Labute approximate surface area is 292 Å². The molecule has 0 fully saturated rings. The Morgan fingerprint density at radius 1 is 0.444 bits per heavy atom. The van der Waals surface area contributed by atoms with Gasteiger partial charge in [0.2, 0.25) is 0 Å². The van der Waals surface area contributed by atoms with Gasteiger partial charge in [-0.25, -0.2) is 0 Å². The molecule has 0 saturated heterocycles. The van der Waals surface area contributed by atoms with Gasteiger partial charge in [0.25, 0.3) is 0 Å². The molecule has 0 aromatic carbocycles. The van der Waals surface area contributed by atoms with Gasteiger partial charge in [0, 0.05) is 20.8 Å². The van der Waals surface area contributed by atoms with Crippen LogP contribution in [0, 0.1) is 38.4 Å². The van der Waals surface area contributed by atoms with E-state index in [0.717, 1.165) is 32.3 Å². The minimum atomic E-state index is 0. The van der Waals surface area contributed by atoms with Crippen molar-refractivity contribution in [1.82, 2.24) is 0 Å². The van der Waals surface area contributed by atoms with Crippen LogP contribution in [0.25, 0.3) is 0 Å². The first-order valence-corrected chi connectivity index (χ1v) is 17.3. The van der Waals surface area contributed by atoms with Crippen molar-refractivity contribution < 1.29 is 14.2 Å². The highest BCUT2D eigenvalue weighted by Crippen LogP contribution is 2.23. The zero-order chi connectivity index (χ0) is 36.4. The smallest absolute Gasteiger partial charge is 0.0514 e. The largest absolute Gasteiger partial charge is 0.384 e. The molecule has 0 aliphatic rings. The summed E-state index contributed by atoms with van der Waals surface area (Å²) in [6.07, 6.45) is 5.25. The van der Waals surface area contributed by atoms with Crippen molar-refractivity contribution in [2.75, 3.05) is 40.6 Å². The molecule has 3 nitrogen and oxygen atoms in total. The molecule has 0 atom stereocenters. The second-order valence-electron chi connectivity index (χ2n) is 19.6. The molecule has 0 heterocycles. The van der Waals surface area contributed by atoms with Crippen LogP contribution in [0.15, 0.2) is 0 Å². The van der Waals surface area contributed by atoms with Gasteiger partial charge in [0.15, 0.2) is 0 Å². The van der Waals surface area contributed by atoms with Crippen LogP contribution < -0.4 is 0 Å². The summed E-state index contributed by atoms with van der Waals surface area (Å²) < 4.78 is 15.0. The topological polar surface area (TPSA) is 27.7 Å². The molecule has 0 aliphatic carbocycles. The van der Waals surface area contributed by atoms with Gasteiger partial charge < -0.3 is 14.2 Å². The SMILES string of the molecule is C.C.CC(C)CC(C)(C)C.CCC(C)(C)C.CCCC(C)(C)C.CCOCC(C)(C)C.COCC(C)(C)C.COCC(C)(C)C. The molecule has 45 heavy (non-hydrogen) atoms. The normalized spacial score (nSPS) is 11.6. The third-order valence-corrected chi connectivity index (χ3v) is 4.98. The van der Waals surface area contributed by atoms with Crippen molar-refractivity contribution in [2.45, 2.75) is 200 Å². The van der Waals surface area contributed by atoms with Crippen molar-refractivity contribution in [3.8, 4) is 0 Å². The maximum Gasteiger partial charge on any atom is 0.0514 e. The first-order chi connectivity index (χ1) is 18.7. The third kappa shape index (κ3) is 124. The van der Waals surface area contributed by atoms with Crippen LogP contribution in [-0.4, -0.2) is 40.6 Å². The van der Waals surface area contributed by atoms with Crippen LogP contribution in [-0.2, 0) is 14.2 Å². The maximum atomic E-state index is 5.20. The van der Waals surface area contributed by atoms with Crippen molar-refractivity contribution >= 4 is 0 Å². The van der Waals surface area contributed by atoms with Crippen LogP contribution in [0.1, 0.15) is 200 Å². The van der Waals surface area contributed by atoms with Gasteiger partial charge in [-0.3, -0.25) is 0 Å². The molecule has 286 valence electrons. The summed E-state index contributed by atoms with van der Waals surface area (Å²) >= 11 is 0. The molecule has 3 heteroatoms. The molecule has 0 aliphatic heterocycles. The Hall–Kier alpha value is -0.120. The summed E-state index contributed by atoms with van der Waals surface area (Å²) in [5.41, 5.74) is 2.60. The van der Waals surface area contributed by atoms with E-state index in [9.17, 15) is 0 Å². The van der Waals surface area contributed by atoms with E-state index in [2.05, 4.69) is 152 Å². The first kappa shape index (κ1) is 63.5. The fourth-order valence-electron chi connectivity index (χ4n) is 3.25. The lowest BCUT2D eigenvalue weighted by atomic mass is 9.86. The van der Waals surface area contributed by atoms with E-state index in [1.165, 1.54) is 25.7 Å². The quantitative estimate of drug-likeness (QED) is 0.286. The van der Waals surface area contributed by atoms with E-state index >= 15 is 0 Å². The Morgan fingerprint density at radius 3 is 0.756 bits per heavy atom. The highest BCUT2D eigenvalue weighted by Gasteiger charge is 2.11. The number of rotatable bonds is 6. The van der Waals surface area contributed by atoms with Crippen LogP contribution in [0.4, 0.5) is 0 Å². The van der Waals surface area contributed by atoms with Gasteiger partial charge in [-0.2, -0.15) is 0 Å². The van der Waals surface area contributed by atoms with Gasteiger partial charge in [-0.1, -0.05) is 180 Å². The molecular formula is C42H100O3. The molecule has 0 bridgehead atoms. The lowest BCUT2D eigenvalue weighted by molar-refractivity contribution is 0.0805. The summed E-state index contributed by atoms with van der Waals surface area (Å²) in [5.74, 6) is 0.843. The van der Waals surface area contributed by atoms with Gasteiger partial charge in [-0.15, -0.1) is 0 Å². The summed E-state index contributed by atoms with van der Waals surface area (Å²) in [6.45, 7) is 54.2. The van der Waals surface area contributed by atoms with Crippen molar-refractivity contribution in [3.05, 3.63) is 0 Å². The molecule has 0 radical (unpaired) electrons. The van der Waals surface area contributed by atoms with Crippen molar-refractivity contribution in [2.24, 2.45) is 38.4 Å². The van der Waals surface area contributed by atoms with Crippen LogP contribution in [0.3, 0.4) is 0 Å². The van der Waals surface area contributed by atoms with Crippen molar-refractivity contribution in [3.63, 3.8) is 0 Å².